The summed E-state index contributed by atoms with van der Waals surface area (Å²) >= 11 is 0. The molecule has 0 rings (SSSR count). The van der Waals surface area contributed by atoms with E-state index in [0.29, 0.717) is 12.8 Å². The monoisotopic (exact) mass is 319 g/mol. The summed E-state index contributed by atoms with van der Waals surface area (Å²) in [5.41, 5.74) is 5.30. The standard InChI is InChI=1S/C12H21N3O7/c13-7(10(18)19)3-1-2-6-14-12(22)15-8(11(20)21)4-5-9(16)17/h7-8H,1-6,13H2,(H,16,17)(H,18,19)(H,20,21)(H2,14,15,22)/t7-,8-/m0/s1. The normalized spacial score (nSPS) is 13.0. The van der Waals surface area contributed by atoms with E-state index in [1.165, 1.54) is 0 Å². The van der Waals surface area contributed by atoms with Gasteiger partial charge in [0, 0.05) is 13.0 Å². The van der Waals surface area contributed by atoms with Crippen LogP contribution in [-0.4, -0.2) is 57.9 Å². The lowest BCUT2D eigenvalue weighted by atomic mass is 10.1. The van der Waals surface area contributed by atoms with Crippen molar-refractivity contribution < 1.29 is 34.5 Å². The van der Waals surface area contributed by atoms with Crippen LogP contribution in [0.3, 0.4) is 0 Å². The fourth-order valence-corrected chi connectivity index (χ4v) is 1.55. The number of aliphatic carboxylic acids is 3. The highest BCUT2D eigenvalue weighted by Crippen LogP contribution is 1.99. The summed E-state index contributed by atoms with van der Waals surface area (Å²) < 4.78 is 0. The molecule has 0 aromatic heterocycles. The van der Waals surface area contributed by atoms with Crippen LogP contribution in [0.1, 0.15) is 32.1 Å². The average molecular weight is 319 g/mol. The number of nitrogens with two attached hydrogens (primary N) is 1. The first-order chi connectivity index (χ1) is 10.2. The van der Waals surface area contributed by atoms with Crippen LogP contribution >= 0.6 is 0 Å². The van der Waals surface area contributed by atoms with Crippen molar-refractivity contribution in [1.82, 2.24) is 10.6 Å². The molecule has 0 saturated carbocycles. The van der Waals surface area contributed by atoms with E-state index in [0.717, 1.165) is 0 Å². The number of rotatable bonds is 11. The molecule has 0 aromatic rings. The van der Waals surface area contributed by atoms with Gasteiger partial charge >= 0.3 is 23.9 Å². The van der Waals surface area contributed by atoms with Crippen molar-refractivity contribution in [3.63, 3.8) is 0 Å². The minimum Gasteiger partial charge on any atom is -0.481 e. The summed E-state index contributed by atoms with van der Waals surface area (Å²) in [5.74, 6) is -3.56. The van der Waals surface area contributed by atoms with E-state index < -0.39 is 36.0 Å². The van der Waals surface area contributed by atoms with E-state index >= 15 is 0 Å². The van der Waals surface area contributed by atoms with Crippen molar-refractivity contribution in [1.29, 1.82) is 0 Å². The van der Waals surface area contributed by atoms with Gasteiger partial charge in [-0.2, -0.15) is 0 Å². The largest absolute Gasteiger partial charge is 0.481 e. The fourth-order valence-electron chi connectivity index (χ4n) is 1.55. The molecule has 10 heteroatoms. The van der Waals surface area contributed by atoms with E-state index in [1.807, 2.05) is 0 Å². The van der Waals surface area contributed by atoms with Crippen molar-refractivity contribution in [2.75, 3.05) is 6.54 Å². The molecule has 7 N–H and O–H groups in total. The van der Waals surface area contributed by atoms with Gasteiger partial charge in [0.15, 0.2) is 0 Å². The van der Waals surface area contributed by atoms with Crippen molar-refractivity contribution in [2.24, 2.45) is 5.73 Å². The Labute approximate surface area is 126 Å². The van der Waals surface area contributed by atoms with Crippen LogP contribution in [0.25, 0.3) is 0 Å². The van der Waals surface area contributed by atoms with Gasteiger partial charge in [0.2, 0.25) is 0 Å². The summed E-state index contributed by atoms with van der Waals surface area (Å²) in [6, 6.07) is -2.95. The summed E-state index contributed by atoms with van der Waals surface area (Å²) in [7, 11) is 0. The molecular formula is C12H21N3O7. The Morgan fingerprint density at radius 2 is 1.59 bits per heavy atom. The smallest absolute Gasteiger partial charge is 0.326 e. The molecule has 0 unspecified atom stereocenters. The number of nitrogens with one attached hydrogen (secondary N) is 2. The van der Waals surface area contributed by atoms with Gasteiger partial charge in [0.1, 0.15) is 12.1 Å². The molecule has 0 fully saturated rings. The number of hydrogen-bond donors (Lipinski definition) is 6. The second-order valence-electron chi connectivity index (χ2n) is 4.66. The topological polar surface area (TPSA) is 179 Å². The molecule has 0 spiro atoms. The molecular weight excluding hydrogens is 298 g/mol. The third-order valence-electron chi connectivity index (χ3n) is 2.79. The highest BCUT2D eigenvalue weighted by Gasteiger charge is 2.20. The van der Waals surface area contributed by atoms with E-state index in [-0.39, 0.29) is 25.8 Å². The molecule has 0 aromatic carbocycles. The Bertz CT molecular complexity index is 414. The summed E-state index contributed by atoms with van der Waals surface area (Å²) in [6.07, 6.45) is 0.668. The zero-order valence-corrected chi connectivity index (χ0v) is 11.9. The Kier molecular flexibility index (Phi) is 9.27. The second-order valence-corrected chi connectivity index (χ2v) is 4.66. The molecule has 2 atom stereocenters. The summed E-state index contributed by atoms with van der Waals surface area (Å²) in [6.45, 7) is 0.226. The second kappa shape index (κ2) is 10.4. The van der Waals surface area contributed by atoms with Gasteiger partial charge < -0.3 is 31.7 Å². The number of carboxylic acids is 3. The lowest BCUT2D eigenvalue weighted by Crippen LogP contribution is -2.46. The molecule has 0 aliphatic rings. The van der Waals surface area contributed by atoms with Crippen LogP contribution in [0.5, 0.6) is 0 Å². The van der Waals surface area contributed by atoms with Crippen molar-refractivity contribution >= 4 is 23.9 Å². The first-order valence-corrected chi connectivity index (χ1v) is 6.71. The molecule has 0 saturated heterocycles. The molecule has 22 heavy (non-hydrogen) atoms. The highest BCUT2D eigenvalue weighted by molar-refractivity contribution is 5.82. The molecule has 126 valence electrons. The molecule has 0 aliphatic carbocycles. The SMILES string of the molecule is N[C@@H](CCCCNC(=O)N[C@@H](CCC(=O)O)C(=O)O)C(=O)O. The van der Waals surface area contributed by atoms with E-state index in [4.69, 9.17) is 21.1 Å². The Morgan fingerprint density at radius 1 is 0.955 bits per heavy atom. The van der Waals surface area contributed by atoms with E-state index in [9.17, 15) is 19.2 Å². The number of amides is 2. The van der Waals surface area contributed by atoms with Crippen LogP contribution in [0, 0.1) is 0 Å². The van der Waals surface area contributed by atoms with Gasteiger partial charge in [-0.15, -0.1) is 0 Å². The van der Waals surface area contributed by atoms with Gasteiger partial charge in [-0.25, -0.2) is 9.59 Å². The van der Waals surface area contributed by atoms with Crippen LogP contribution in [0.15, 0.2) is 0 Å². The maximum absolute atomic E-state index is 11.5. The number of carbonyl (C=O) groups excluding carboxylic acids is 1. The van der Waals surface area contributed by atoms with E-state index in [2.05, 4.69) is 10.6 Å². The van der Waals surface area contributed by atoms with Gasteiger partial charge in [0.05, 0.1) is 0 Å². The van der Waals surface area contributed by atoms with Gasteiger partial charge in [-0.05, 0) is 25.7 Å². The first kappa shape index (κ1) is 19.6. The molecule has 2 amide bonds. The van der Waals surface area contributed by atoms with Crippen molar-refractivity contribution in [3.05, 3.63) is 0 Å². The Morgan fingerprint density at radius 3 is 2.09 bits per heavy atom. The number of carboxylic acid groups (broad SMARTS) is 3. The number of hydrogen-bond acceptors (Lipinski definition) is 5. The Balaban J connectivity index is 3.92. The molecule has 0 bridgehead atoms. The van der Waals surface area contributed by atoms with Crippen molar-refractivity contribution in [3.8, 4) is 0 Å². The van der Waals surface area contributed by atoms with Gasteiger partial charge in [-0.1, -0.05) is 0 Å². The van der Waals surface area contributed by atoms with E-state index in [1.54, 1.807) is 0 Å². The van der Waals surface area contributed by atoms with Crippen LogP contribution in [0.4, 0.5) is 4.79 Å². The molecule has 0 aliphatic heterocycles. The minimum absolute atomic E-state index is 0.217. The zero-order valence-electron chi connectivity index (χ0n) is 11.9. The average Bonchev–Trinajstić information content (AvgIpc) is 2.41. The van der Waals surface area contributed by atoms with Crippen molar-refractivity contribution in [2.45, 2.75) is 44.2 Å². The number of urea groups is 1. The Hall–Kier alpha value is -2.36. The van der Waals surface area contributed by atoms with Gasteiger partial charge in [0.25, 0.3) is 0 Å². The zero-order chi connectivity index (χ0) is 17.1. The highest BCUT2D eigenvalue weighted by atomic mass is 16.4. The van der Waals surface area contributed by atoms with Crippen LogP contribution in [-0.2, 0) is 14.4 Å². The molecule has 10 nitrogen and oxygen atoms in total. The lowest BCUT2D eigenvalue weighted by molar-refractivity contribution is -0.141. The van der Waals surface area contributed by atoms with Crippen LogP contribution in [0.2, 0.25) is 0 Å². The van der Waals surface area contributed by atoms with Crippen LogP contribution < -0.4 is 16.4 Å². The predicted molar refractivity (Wildman–Crippen MR) is 74.3 cm³/mol. The third-order valence-corrected chi connectivity index (χ3v) is 2.79. The maximum atomic E-state index is 11.5. The first-order valence-electron chi connectivity index (χ1n) is 6.71. The molecule has 0 radical (unpaired) electrons. The van der Waals surface area contributed by atoms with Gasteiger partial charge in [-0.3, -0.25) is 9.59 Å². The third kappa shape index (κ3) is 9.53. The number of unbranched alkanes of at least 4 members (excludes halogenated alkanes) is 1. The predicted octanol–water partition coefficient (Wildman–Crippen LogP) is -0.814. The maximum Gasteiger partial charge on any atom is 0.326 e. The lowest BCUT2D eigenvalue weighted by Gasteiger charge is -2.14. The summed E-state index contributed by atoms with van der Waals surface area (Å²) in [5, 5.41) is 30.5. The quantitative estimate of drug-likeness (QED) is 0.267. The number of carbonyl (C=O) groups is 4. The fraction of sp³-hybridized carbons (Fsp3) is 0.667. The minimum atomic E-state index is -1.32. The molecule has 0 heterocycles. The summed E-state index contributed by atoms with van der Waals surface area (Å²) in [4.78, 5) is 43.2.